The van der Waals surface area contributed by atoms with Crippen LogP contribution in [0.1, 0.15) is 25.1 Å². The average molecular weight is 332 g/mol. The molecule has 0 spiro atoms. The lowest BCUT2D eigenvalue weighted by atomic mass is 10.0. The van der Waals surface area contributed by atoms with Crippen LogP contribution in [-0.4, -0.2) is 23.7 Å². The fourth-order valence-electron chi connectivity index (χ4n) is 1.57. The number of aliphatic hydroxyl groups is 1. The second-order valence-corrected chi connectivity index (χ2v) is 6.99. The summed E-state index contributed by atoms with van der Waals surface area (Å²) in [5, 5.41) is 12.0. The van der Waals surface area contributed by atoms with Gasteiger partial charge in [0.1, 0.15) is 0 Å². The van der Waals surface area contributed by atoms with Crippen LogP contribution in [0.25, 0.3) is 6.08 Å². The number of amides is 1. The van der Waals surface area contributed by atoms with Gasteiger partial charge in [-0.3, -0.25) is 4.79 Å². The van der Waals surface area contributed by atoms with E-state index in [-0.39, 0.29) is 18.6 Å². The van der Waals surface area contributed by atoms with Crippen molar-refractivity contribution < 1.29 is 9.90 Å². The third kappa shape index (κ3) is 5.80. The Morgan fingerprint density at radius 1 is 1.56 bits per heavy atom. The van der Waals surface area contributed by atoms with Crippen LogP contribution in [0.15, 0.2) is 22.0 Å². The normalized spacial score (nSPS) is 13.2. The number of aliphatic hydroxyl groups excluding tert-OH is 1. The largest absolute Gasteiger partial charge is 0.394 e. The quantitative estimate of drug-likeness (QED) is 0.787. The summed E-state index contributed by atoms with van der Waals surface area (Å²) in [5.41, 5.74) is 0. The van der Waals surface area contributed by atoms with Gasteiger partial charge in [0, 0.05) is 11.0 Å². The van der Waals surface area contributed by atoms with Crippen molar-refractivity contribution in [3.05, 3.63) is 26.9 Å². The third-order valence-corrected chi connectivity index (χ3v) is 3.90. The Morgan fingerprint density at radius 2 is 2.28 bits per heavy atom. The predicted octanol–water partition coefficient (Wildman–Crippen LogP) is 3.05. The van der Waals surface area contributed by atoms with Crippen LogP contribution in [0.2, 0.25) is 0 Å². The van der Waals surface area contributed by atoms with Gasteiger partial charge in [0.2, 0.25) is 5.91 Å². The van der Waals surface area contributed by atoms with Gasteiger partial charge in [-0.25, -0.2) is 0 Å². The van der Waals surface area contributed by atoms with E-state index in [2.05, 4.69) is 35.1 Å². The minimum Gasteiger partial charge on any atom is -0.394 e. The zero-order valence-corrected chi connectivity index (χ0v) is 12.9. The minimum atomic E-state index is -0.169. The van der Waals surface area contributed by atoms with Gasteiger partial charge in [-0.05, 0) is 46.5 Å². The molecule has 0 aliphatic carbocycles. The Balaban J connectivity index is 2.47. The highest BCUT2D eigenvalue weighted by atomic mass is 79.9. The molecular weight excluding hydrogens is 314 g/mol. The average Bonchev–Trinajstić information content (AvgIpc) is 2.71. The monoisotopic (exact) mass is 331 g/mol. The standard InChI is InChI=1S/C13H18BrNO2S/c1-9(2)7-10(8-16)15-13(17)6-4-11-3-5-12(14)18-11/h3-6,9-10,16H,7-8H2,1-2H3,(H,15,17). The van der Waals surface area contributed by atoms with Crippen LogP contribution < -0.4 is 5.32 Å². The summed E-state index contributed by atoms with van der Waals surface area (Å²) < 4.78 is 1.04. The Kier molecular flexibility index (Phi) is 6.60. The van der Waals surface area contributed by atoms with E-state index in [1.54, 1.807) is 17.4 Å². The Bertz CT molecular complexity index is 415. The molecule has 18 heavy (non-hydrogen) atoms. The molecular formula is C13H18BrNO2S. The topological polar surface area (TPSA) is 49.3 Å². The van der Waals surface area contributed by atoms with Gasteiger partial charge < -0.3 is 10.4 Å². The Hall–Kier alpha value is -0.650. The Morgan fingerprint density at radius 3 is 2.78 bits per heavy atom. The number of carbonyl (C=O) groups excluding carboxylic acids is 1. The number of hydrogen-bond acceptors (Lipinski definition) is 3. The van der Waals surface area contributed by atoms with Gasteiger partial charge in [-0.15, -0.1) is 11.3 Å². The highest BCUT2D eigenvalue weighted by molar-refractivity contribution is 9.11. The lowest BCUT2D eigenvalue weighted by Crippen LogP contribution is -2.37. The van der Waals surface area contributed by atoms with E-state index in [9.17, 15) is 4.79 Å². The molecule has 0 aliphatic rings. The molecule has 0 bridgehead atoms. The van der Waals surface area contributed by atoms with E-state index >= 15 is 0 Å². The molecule has 1 aromatic rings. The van der Waals surface area contributed by atoms with Crippen LogP contribution >= 0.6 is 27.3 Å². The molecule has 1 rings (SSSR count). The van der Waals surface area contributed by atoms with Crippen LogP contribution in [0.5, 0.6) is 0 Å². The van der Waals surface area contributed by atoms with Crippen LogP contribution in [-0.2, 0) is 4.79 Å². The number of thiophene rings is 1. The zero-order chi connectivity index (χ0) is 13.5. The van der Waals surface area contributed by atoms with E-state index in [4.69, 9.17) is 5.11 Å². The summed E-state index contributed by atoms with van der Waals surface area (Å²) in [6, 6.07) is 3.71. The van der Waals surface area contributed by atoms with Gasteiger partial charge in [-0.2, -0.15) is 0 Å². The van der Waals surface area contributed by atoms with Crippen molar-refractivity contribution in [3.8, 4) is 0 Å². The van der Waals surface area contributed by atoms with E-state index in [0.717, 1.165) is 15.1 Å². The van der Waals surface area contributed by atoms with Crippen molar-refractivity contribution >= 4 is 39.2 Å². The number of halogens is 1. The zero-order valence-electron chi connectivity index (χ0n) is 10.5. The van der Waals surface area contributed by atoms with Crippen molar-refractivity contribution in [1.29, 1.82) is 0 Å². The highest BCUT2D eigenvalue weighted by Crippen LogP contribution is 2.22. The first-order valence-electron chi connectivity index (χ1n) is 5.86. The van der Waals surface area contributed by atoms with Crippen molar-refractivity contribution in [1.82, 2.24) is 5.32 Å². The van der Waals surface area contributed by atoms with E-state index in [1.807, 2.05) is 12.1 Å². The van der Waals surface area contributed by atoms with Gasteiger partial charge in [0.15, 0.2) is 0 Å². The third-order valence-electron chi connectivity index (χ3n) is 2.32. The van der Waals surface area contributed by atoms with Gasteiger partial charge in [0.25, 0.3) is 0 Å². The molecule has 0 fully saturated rings. The van der Waals surface area contributed by atoms with Crippen molar-refractivity contribution in [2.75, 3.05) is 6.61 Å². The van der Waals surface area contributed by atoms with Crippen molar-refractivity contribution in [2.45, 2.75) is 26.3 Å². The molecule has 0 radical (unpaired) electrons. The lowest BCUT2D eigenvalue weighted by Gasteiger charge is -2.16. The molecule has 3 nitrogen and oxygen atoms in total. The summed E-state index contributed by atoms with van der Waals surface area (Å²) in [4.78, 5) is 12.7. The summed E-state index contributed by atoms with van der Waals surface area (Å²) in [6.45, 7) is 4.10. The first-order valence-corrected chi connectivity index (χ1v) is 7.47. The molecule has 1 amide bonds. The van der Waals surface area contributed by atoms with E-state index in [0.29, 0.717) is 5.92 Å². The molecule has 0 saturated carbocycles. The molecule has 1 atom stereocenters. The highest BCUT2D eigenvalue weighted by Gasteiger charge is 2.11. The molecule has 0 aromatic carbocycles. The summed E-state index contributed by atoms with van der Waals surface area (Å²) >= 11 is 4.93. The summed E-state index contributed by atoms with van der Waals surface area (Å²) in [5.74, 6) is 0.277. The predicted molar refractivity (Wildman–Crippen MR) is 79.5 cm³/mol. The number of hydrogen-bond donors (Lipinski definition) is 2. The minimum absolute atomic E-state index is 0.0255. The van der Waals surface area contributed by atoms with E-state index < -0.39 is 0 Å². The molecule has 1 heterocycles. The van der Waals surface area contributed by atoms with Gasteiger partial charge in [-0.1, -0.05) is 13.8 Å². The molecule has 0 aliphatic heterocycles. The fraction of sp³-hybridized carbons (Fsp3) is 0.462. The van der Waals surface area contributed by atoms with Crippen LogP contribution in [0, 0.1) is 5.92 Å². The van der Waals surface area contributed by atoms with Gasteiger partial charge in [0.05, 0.1) is 16.4 Å². The maximum Gasteiger partial charge on any atom is 0.244 e. The smallest absolute Gasteiger partial charge is 0.244 e. The maximum atomic E-state index is 11.7. The van der Waals surface area contributed by atoms with Gasteiger partial charge >= 0.3 is 0 Å². The first kappa shape index (κ1) is 15.4. The second-order valence-electron chi connectivity index (χ2n) is 4.49. The molecule has 5 heteroatoms. The molecule has 2 N–H and O–H groups in total. The Labute approximate surface area is 120 Å². The van der Waals surface area contributed by atoms with Crippen molar-refractivity contribution in [2.24, 2.45) is 5.92 Å². The molecule has 1 aromatic heterocycles. The van der Waals surface area contributed by atoms with Crippen LogP contribution in [0.3, 0.4) is 0 Å². The molecule has 0 saturated heterocycles. The summed E-state index contributed by atoms with van der Waals surface area (Å²) in [6.07, 6.45) is 4.05. The first-order chi connectivity index (χ1) is 8.51. The van der Waals surface area contributed by atoms with Crippen LogP contribution in [0.4, 0.5) is 0 Å². The second kappa shape index (κ2) is 7.71. The lowest BCUT2D eigenvalue weighted by molar-refractivity contribution is -0.117. The van der Waals surface area contributed by atoms with E-state index in [1.165, 1.54) is 6.08 Å². The number of nitrogens with one attached hydrogen (secondary N) is 1. The molecule has 1 unspecified atom stereocenters. The SMILES string of the molecule is CC(C)CC(CO)NC(=O)C=Cc1ccc(Br)s1. The number of carbonyl (C=O) groups is 1. The maximum absolute atomic E-state index is 11.7. The molecule has 100 valence electrons. The number of rotatable bonds is 6. The van der Waals surface area contributed by atoms with Crippen molar-refractivity contribution in [3.63, 3.8) is 0 Å². The summed E-state index contributed by atoms with van der Waals surface area (Å²) in [7, 11) is 0. The fourth-order valence-corrected chi connectivity index (χ4v) is 2.90.